The van der Waals surface area contributed by atoms with E-state index in [0.29, 0.717) is 0 Å². The molecule has 0 aromatic heterocycles. The van der Waals surface area contributed by atoms with Gasteiger partial charge in [0.05, 0.1) is 6.04 Å². The molecule has 1 N–H and O–H groups in total. The van der Waals surface area contributed by atoms with Gasteiger partial charge in [-0.05, 0) is 19.8 Å². The average molecular weight is 127 g/mol. The molecule has 0 saturated heterocycles. The first-order valence-electron chi connectivity index (χ1n) is 3.21. The van der Waals surface area contributed by atoms with E-state index < -0.39 is 0 Å². The summed E-state index contributed by atoms with van der Waals surface area (Å²) in [5.41, 5.74) is 0. The smallest absolute Gasteiger partial charge is 0.135 e. The number of hydroxylamine groups is 2. The molecule has 0 heterocycles. The summed E-state index contributed by atoms with van der Waals surface area (Å²) in [5.74, 6) is 2.73. The van der Waals surface area contributed by atoms with E-state index in [-0.39, 0.29) is 11.1 Å². The van der Waals surface area contributed by atoms with E-state index in [1.807, 2.05) is 20.8 Å². The first kappa shape index (κ1) is 8.48. The second-order valence-electron chi connectivity index (χ2n) is 2.17. The molecule has 2 heteroatoms. The summed E-state index contributed by atoms with van der Waals surface area (Å²) in [6.07, 6.45) is 0.762. The lowest BCUT2D eigenvalue weighted by molar-refractivity contribution is -0.798. The molecular formula is C7H13NO. The monoisotopic (exact) mass is 127 g/mol. The Balaban J connectivity index is 3.61. The largest absolute Gasteiger partial charge is 0.620 e. The highest BCUT2D eigenvalue weighted by Gasteiger charge is 1.95. The van der Waals surface area contributed by atoms with Crippen LogP contribution in [0.25, 0.3) is 0 Å². The number of nitrogens with one attached hydrogen (secondary N) is 1. The van der Waals surface area contributed by atoms with Gasteiger partial charge in [-0.2, -0.15) is 0 Å². The third-order valence-electron chi connectivity index (χ3n) is 0.913. The van der Waals surface area contributed by atoms with Crippen LogP contribution >= 0.6 is 0 Å². The summed E-state index contributed by atoms with van der Waals surface area (Å²) in [4.78, 5) is 0. The Morgan fingerprint density at radius 1 is 1.56 bits per heavy atom. The van der Waals surface area contributed by atoms with E-state index in [9.17, 15) is 5.21 Å². The van der Waals surface area contributed by atoms with E-state index in [4.69, 9.17) is 0 Å². The Morgan fingerprint density at radius 2 is 2.11 bits per heavy atom. The zero-order valence-corrected chi connectivity index (χ0v) is 6.19. The molecule has 0 aliphatic heterocycles. The van der Waals surface area contributed by atoms with Crippen molar-refractivity contribution in [3.63, 3.8) is 0 Å². The molecule has 0 radical (unpaired) electrons. The zero-order chi connectivity index (χ0) is 7.28. The summed E-state index contributed by atoms with van der Waals surface area (Å²) in [6, 6.07) is 2.60. The van der Waals surface area contributed by atoms with Gasteiger partial charge in [-0.3, -0.25) is 5.06 Å². The third kappa shape index (κ3) is 4.01. The van der Waals surface area contributed by atoms with Crippen molar-refractivity contribution < 1.29 is 5.06 Å². The fraction of sp³-hybridized carbons (Fsp3) is 0.714. The van der Waals surface area contributed by atoms with Crippen molar-refractivity contribution in [2.24, 2.45) is 0 Å². The second-order valence-corrected chi connectivity index (χ2v) is 2.17. The summed E-state index contributed by atoms with van der Waals surface area (Å²) >= 11 is 0. The number of rotatable bonds is 1. The van der Waals surface area contributed by atoms with Crippen LogP contribution in [-0.2, 0) is 0 Å². The maximum absolute atomic E-state index is 10.7. The number of hydrogen-bond acceptors (Lipinski definition) is 1. The second kappa shape index (κ2) is 4.37. The highest BCUT2D eigenvalue weighted by molar-refractivity contribution is 4.88. The fourth-order valence-corrected chi connectivity index (χ4v) is 0.320. The first-order valence-corrected chi connectivity index (χ1v) is 3.21. The Kier molecular flexibility index (Phi) is 4.12. The Morgan fingerprint density at radius 3 is 2.44 bits per heavy atom. The first-order chi connectivity index (χ1) is 4.18. The molecule has 9 heavy (non-hydrogen) atoms. The summed E-state index contributed by atoms with van der Waals surface area (Å²) in [5, 5.41) is 10.8. The van der Waals surface area contributed by atoms with Crippen molar-refractivity contribution >= 4 is 0 Å². The van der Waals surface area contributed by atoms with Crippen molar-refractivity contribution in [3.8, 4) is 12.0 Å². The van der Waals surface area contributed by atoms with Gasteiger partial charge in [0.15, 0.2) is 0 Å². The Bertz CT molecular complexity index is 121. The standard InChI is InChI=1S/C7H13NO/c1-4-5-6-8(9)7(2)3/h7-8H,4H2,1-3H3. The third-order valence-corrected chi connectivity index (χ3v) is 0.913. The van der Waals surface area contributed by atoms with Crippen LogP contribution in [0.5, 0.6) is 0 Å². The van der Waals surface area contributed by atoms with E-state index in [1.54, 1.807) is 0 Å². The minimum absolute atomic E-state index is 0.0388. The van der Waals surface area contributed by atoms with Gasteiger partial charge in [0.25, 0.3) is 0 Å². The van der Waals surface area contributed by atoms with Crippen LogP contribution in [0, 0.1) is 17.2 Å². The zero-order valence-electron chi connectivity index (χ0n) is 6.19. The molecule has 0 amide bonds. The SMILES string of the molecule is CCC#C[NH+]([O-])C(C)C. The number of quaternary nitrogens is 1. The van der Waals surface area contributed by atoms with Gasteiger partial charge >= 0.3 is 0 Å². The topological polar surface area (TPSA) is 27.5 Å². The van der Waals surface area contributed by atoms with Crippen LogP contribution in [0.1, 0.15) is 27.2 Å². The van der Waals surface area contributed by atoms with Crippen molar-refractivity contribution in [1.82, 2.24) is 0 Å². The van der Waals surface area contributed by atoms with Crippen LogP contribution < -0.4 is 5.06 Å². The van der Waals surface area contributed by atoms with E-state index in [1.165, 1.54) is 0 Å². The summed E-state index contributed by atoms with van der Waals surface area (Å²) in [6.45, 7) is 5.64. The highest BCUT2D eigenvalue weighted by atomic mass is 16.5. The van der Waals surface area contributed by atoms with Gasteiger partial charge in [0.1, 0.15) is 6.04 Å². The lowest BCUT2D eigenvalue weighted by Crippen LogP contribution is -3.06. The van der Waals surface area contributed by atoms with Crippen LogP contribution in [0.3, 0.4) is 0 Å². The molecule has 0 aliphatic rings. The van der Waals surface area contributed by atoms with Gasteiger partial charge in [0.2, 0.25) is 0 Å². The Labute approximate surface area is 56.4 Å². The molecule has 52 valence electrons. The molecule has 1 unspecified atom stereocenters. The quantitative estimate of drug-likeness (QED) is 0.394. The van der Waals surface area contributed by atoms with Gasteiger partial charge in [0, 0.05) is 6.42 Å². The van der Waals surface area contributed by atoms with Gasteiger partial charge < -0.3 is 5.21 Å². The van der Waals surface area contributed by atoms with E-state index in [2.05, 4.69) is 12.0 Å². The molecule has 2 nitrogen and oxygen atoms in total. The lowest BCUT2D eigenvalue weighted by Gasteiger charge is -2.17. The van der Waals surface area contributed by atoms with E-state index >= 15 is 0 Å². The van der Waals surface area contributed by atoms with Gasteiger partial charge in [-0.1, -0.05) is 6.92 Å². The molecule has 0 aromatic carbocycles. The van der Waals surface area contributed by atoms with Crippen LogP contribution in [0.4, 0.5) is 0 Å². The van der Waals surface area contributed by atoms with Crippen molar-refractivity contribution in [3.05, 3.63) is 5.21 Å². The summed E-state index contributed by atoms with van der Waals surface area (Å²) < 4.78 is 0. The maximum atomic E-state index is 10.7. The minimum atomic E-state index is 0.0388. The molecule has 0 saturated carbocycles. The molecule has 1 atom stereocenters. The molecule has 0 aromatic rings. The van der Waals surface area contributed by atoms with E-state index in [0.717, 1.165) is 6.42 Å². The maximum Gasteiger partial charge on any atom is 0.135 e. The lowest BCUT2D eigenvalue weighted by atomic mass is 10.4. The minimum Gasteiger partial charge on any atom is -0.620 e. The van der Waals surface area contributed by atoms with Crippen molar-refractivity contribution in [2.75, 3.05) is 0 Å². The molecule has 0 rings (SSSR count). The van der Waals surface area contributed by atoms with Gasteiger partial charge in [-0.25, -0.2) is 0 Å². The highest BCUT2D eigenvalue weighted by Crippen LogP contribution is 1.66. The van der Waals surface area contributed by atoms with Crippen LogP contribution in [0.15, 0.2) is 0 Å². The van der Waals surface area contributed by atoms with Crippen molar-refractivity contribution in [1.29, 1.82) is 0 Å². The molecule has 0 fully saturated rings. The van der Waals surface area contributed by atoms with Gasteiger partial charge in [-0.15, -0.1) is 0 Å². The predicted octanol–water partition coefficient (Wildman–Crippen LogP) is 0.148. The van der Waals surface area contributed by atoms with Crippen LogP contribution in [0.2, 0.25) is 0 Å². The molecule has 0 bridgehead atoms. The molecule has 0 aliphatic carbocycles. The van der Waals surface area contributed by atoms with Crippen molar-refractivity contribution in [2.45, 2.75) is 33.2 Å². The molecular weight excluding hydrogens is 114 g/mol. The van der Waals surface area contributed by atoms with Crippen LogP contribution in [-0.4, -0.2) is 6.04 Å². The fourth-order valence-electron chi connectivity index (χ4n) is 0.320. The normalized spacial score (nSPS) is 12.6. The summed E-state index contributed by atoms with van der Waals surface area (Å²) in [7, 11) is 0. The Hall–Kier alpha value is -0.520. The average Bonchev–Trinajstić information content (AvgIpc) is 1.82. The predicted molar refractivity (Wildman–Crippen MR) is 37.5 cm³/mol. The number of hydrogen-bond donors (Lipinski definition) is 1. The molecule has 0 spiro atoms.